The Morgan fingerprint density at radius 3 is 2.29 bits per heavy atom. The van der Waals surface area contributed by atoms with E-state index in [1.54, 1.807) is 37.3 Å². The largest absolute Gasteiger partial charge is 0.376 e. The van der Waals surface area contributed by atoms with Gasteiger partial charge in [0.1, 0.15) is 0 Å². The Bertz CT molecular complexity index is 1130. The number of aryl methyl sites for hydroxylation is 2. The maximum Gasteiger partial charge on any atom is 0.269 e. The summed E-state index contributed by atoms with van der Waals surface area (Å²) in [6.45, 7) is 3.54. The molecule has 2 amide bonds. The highest BCUT2D eigenvalue weighted by molar-refractivity contribution is 6.05. The number of para-hydroxylation sites is 1. The highest BCUT2D eigenvalue weighted by Crippen LogP contribution is 2.22. The highest BCUT2D eigenvalue weighted by Gasteiger charge is 2.12. The number of benzene rings is 3. The maximum atomic E-state index is 12.5. The van der Waals surface area contributed by atoms with Gasteiger partial charge in [0, 0.05) is 34.8 Å². The second-order valence-electron chi connectivity index (χ2n) is 7.01. The van der Waals surface area contributed by atoms with Gasteiger partial charge in [-0.15, -0.1) is 0 Å². The molecule has 3 rings (SSSR count). The van der Waals surface area contributed by atoms with Gasteiger partial charge in [-0.3, -0.25) is 19.7 Å². The lowest BCUT2D eigenvalue weighted by Crippen LogP contribution is -2.22. The summed E-state index contributed by atoms with van der Waals surface area (Å²) in [7, 11) is 0. The number of nitro benzene ring substituents is 1. The molecule has 0 aliphatic rings. The number of hydrogen-bond acceptors (Lipinski definition) is 5. The van der Waals surface area contributed by atoms with Gasteiger partial charge in [-0.2, -0.15) is 0 Å². The van der Waals surface area contributed by atoms with E-state index in [2.05, 4.69) is 16.0 Å². The molecule has 0 spiro atoms. The van der Waals surface area contributed by atoms with Gasteiger partial charge in [0.25, 0.3) is 11.6 Å². The molecule has 0 saturated carbocycles. The summed E-state index contributed by atoms with van der Waals surface area (Å²) in [5.41, 5.74) is 3.77. The van der Waals surface area contributed by atoms with Crippen molar-refractivity contribution in [1.29, 1.82) is 0 Å². The van der Waals surface area contributed by atoms with Crippen molar-refractivity contribution in [2.75, 3.05) is 22.5 Å². The van der Waals surface area contributed by atoms with E-state index in [0.29, 0.717) is 28.2 Å². The van der Waals surface area contributed by atoms with Crippen LogP contribution in [0.1, 0.15) is 21.5 Å². The predicted molar refractivity (Wildman–Crippen MR) is 121 cm³/mol. The average Bonchev–Trinajstić information content (AvgIpc) is 2.75. The van der Waals surface area contributed by atoms with E-state index in [1.165, 1.54) is 18.2 Å². The molecule has 0 aliphatic heterocycles. The van der Waals surface area contributed by atoms with Gasteiger partial charge in [0.05, 0.1) is 11.5 Å². The maximum absolute atomic E-state index is 12.5. The number of carbonyl (C=O) groups excluding carboxylic acids is 2. The van der Waals surface area contributed by atoms with Crippen molar-refractivity contribution in [3.63, 3.8) is 0 Å². The fraction of sp³-hybridized carbons (Fsp3) is 0.130. The zero-order valence-corrected chi connectivity index (χ0v) is 17.1. The van der Waals surface area contributed by atoms with Crippen LogP contribution < -0.4 is 16.0 Å². The summed E-state index contributed by atoms with van der Waals surface area (Å²) in [5.74, 6) is -0.560. The molecule has 0 aromatic heterocycles. The lowest BCUT2D eigenvalue weighted by Gasteiger charge is -2.13. The van der Waals surface area contributed by atoms with Crippen molar-refractivity contribution in [3.8, 4) is 0 Å². The molecule has 0 radical (unpaired) electrons. The standard InChI is InChI=1S/C23H22N4O4/c1-15-8-9-17(23(29)25-18-6-4-3-5-7-18)13-21(15)24-14-22(28)26-20-11-10-19(27(30)31)12-16(20)2/h3-13,24H,14H2,1-2H3,(H,25,29)(H,26,28). The van der Waals surface area contributed by atoms with Crippen LogP contribution in [0.4, 0.5) is 22.7 Å². The number of anilines is 3. The average molecular weight is 418 g/mol. The molecule has 0 atom stereocenters. The number of nitro groups is 1. The molecule has 8 nitrogen and oxygen atoms in total. The van der Waals surface area contributed by atoms with Crippen molar-refractivity contribution in [2.45, 2.75) is 13.8 Å². The topological polar surface area (TPSA) is 113 Å². The molecule has 0 unspecified atom stereocenters. The van der Waals surface area contributed by atoms with E-state index in [0.717, 1.165) is 5.56 Å². The third kappa shape index (κ3) is 5.66. The molecule has 0 aliphatic carbocycles. The first-order valence-corrected chi connectivity index (χ1v) is 9.59. The Balaban J connectivity index is 1.63. The first-order valence-electron chi connectivity index (χ1n) is 9.59. The van der Waals surface area contributed by atoms with Gasteiger partial charge in [-0.25, -0.2) is 0 Å². The summed E-state index contributed by atoms with van der Waals surface area (Å²) in [6.07, 6.45) is 0. The number of hydrogen-bond donors (Lipinski definition) is 3. The van der Waals surface area contributed by atoms with Gasteiger partial charge < -0.3 is 16.0 Å². The van der Waals surface area contributed by atoms with Crippen molar-refractivity contribution in [2.24, 2.45) is 0 Å². The summed E-state index contributed by atoms with van der Waals surface area (Å²) in [4.78, 5) is 35.2. The Morgan fingerprint density at radius 1 is 0.871 bits per heavy atom. The molecule has 0 fully saturated rings. The number of nitrogens with zero attached hydrogens (tertiary/aromatic N) is 1. The molecule has 8 heteroatoms. The lowest BCUT2D eigenvalue weighted by atomic mass is 10.1. The van der Waals surface area contributed by atoms with E-state index in [4.69, 9.17) is 0 Å². The minimum absolute atomic E-state index is 0.0268. The first kappa shape index (κ1) is 21.5. The van der Waals surface area contributed by atoms with Crippen LogP contribution >= 0.6 is 0 Å². The smallest absolute Gasteiger partial charge is 0.269 e. The molecular formula is C23H22N4O4. The molecule has 3 aromatic rings. The Kier molecular flexibility index (Phi) is 6.61. The number of nitrogens with one attached hydrogen (secondary N) is 3. The Morgan fingerprint density at radius 2 is 1.61 bits per heavy atom. The lowest BCUT2D eigenvalue weighted by molar-refractivity contribution is -0.384. The van der Waals surface area contributed by atoms with Crippen molar-refractivity contribution < 1.29 is 14.5 Å². The van der Waals surface area contributed by atoms with Crippen molar-refractivity contribution in [1.82, 2.24) is 0 Å². The van der Waals surface area contributed by atoms with E-state index in [-0.39, 0.29) is 24.0 Å². The Hall–Kier alpha value is -4.20. The van der Waals surface area contributed by atoms with Crippen molar-refractivity contribution >= 4 is 34.6 Å². The minimum Gasteiger partial charge on any atom is -0.376 e. The van der Waals surface area contributed by atoms with E-state index in [9.17, 15) is 19.7 Å². The van der Waals surface area contributed by atoms with Crippen LogP contribution in [0.5, 0.6) is 0 Å². The fourth-order valence-corrected chi connectivity index (χ4v) is 2.95. The normalized spacial score (nSPS) is 10.3. The van der Waals surface area contributed by atoms with Crippen LogP contribution in [0.25, 0.3) is 0 Å². The van der Waals surface area contributed by atoms with Gasteiger partial charge in [0.2, 0.25) is 5.91 Å². The number of rotatable bonds is 7. The summed E-state index contributed by atoms with van der Waals surface area (Å²) in [5, 5.41) is 19.4. The van der Waals surface area contributed by atoms with E-state index >= 15 is 0 Å². The quantitative estimate of drug-likeness (QED) is 0.386. The SMILES string of the molecule is Cc1ccc(C(=O)Nc2ccccc2)cc1NCC(=O)Nc1ccc([N+](=O)[O-])cc1C. The summed E-state index contributed by atoms with van der Waals surface area (Å²) < 4.78 is 0. The highest BCUT2D eigenvalue weighted by atomic mass is 16.6. The number of non-ortho nitro benzene ring substituents is 1. The molecule has 3 N–H and O–H groups in total. The molecule has 0 saturated heterocycles. The molecule has 31 heavy (non-hydrogen) atoms. The minimum atomic E-state index is -0.482. The molecule has 0 heterocycles. The number of carbonyl (C=O) groups is 2. The second kappa shape index (κ2) is 9.53. The summed E-state index contributed by atoms with van der Waals surface area (Å²) >= 11 is 0. The predicted octanol–water partition coefficient (Wildman–Crippen LogP) is 4.51. The van der Waals surface area contributed by atoms with Crippen LogP contribution in [0.15, 0.2) is 66.7 Å². The van der Waals surface area contributed by atoms with Crippen LogP contribution in [-0.4, -0.2) is 23.3 Å². The van der Waals surface area contributed by atoms with E-state index < -0.39 is 4.92 Å². The Labute approximate surface area is 179 Å². The van der Waals surface area contributed by atoms with Crippen LogP contribution in [0.3, 0.4) is 0 Å². The summed E-state index contributed by atoms with van der Waals surface area (Å²) in [6, 6.07) is 18.6. The third-order valence-electron chi connectivity index (χ3n) is 4.67. The molecular weight excluding hydrogens is 396 g/mol. The van der Waals surface area contributed by atoms with Crippen LogP contribution in [0, 0.1) is 24.0 Å². The van der Waals surface area contributed by atoms with Gasteiger partial charge in [0.15, 0.2) is 0 Å². The molecule has 158 valence electrons. The van der Waals surface area contributed by atoms with Crippen molar-refractivity contribution in [3.05, 3.63) is 93.5 Å². The van der Waals surface area contributed by atoms with Crippen LogP contribution in [-0.2, 0) is 4.79 Å². The monoisotopic (exact) mass is 418 g/mol. The van der Waals surface area contributed by atoms with E-state index in [1.807, 2.05) is 25.1 Å². The fourth-order valence-electron chi connectivity index (χ4n) is 2.95. The molecule has 0 bridgehead atoms. The van der Waals surface area contributed by atoms with Gasteiger partial charge in [-0.1, -0.05) is 24.3 Å². The second-order valence-corrected chi connectivity index (χ2v) is 7.01. The third-order valence-corrected chi connectivity index (χ3v) is 4.67. The van der Waals surface area contributed by atoms with Crippen LogP contribution in [0.2, 0.25) is 0 Å². The molecule has 3 aromatic carbocycles. The zero-order chi connectivity index (χ0) is 22.4. The first-order chi connectivity index (χ1) is 14.8. The number of amides is 2. The van der Waals surface area contributed by atoms with Gasteiger partial charge >= 0.3 is 0 Å². The zero-order valence-electron chi connectivity index (χ0n) is 17.1. The van der Waals surface area contributed by atoms with Gasteiger partial charge in [-0.05, 0) is 55.3 Å².